The quantitative estimate of drug-likeness (QED) is 0.717. The molecule has 0 aliphatic rings. The second kappa shape index (κ2) is 4.73. The van der Waals surface area contributed by atoms with Gasteiger partial charge in [0.2, 0.25) is 5.78 Å². The van der Waals surface area contributed by atoms with Gasteiger partial charge in [0.25, 0.3) is 5.91 Å². The zero-order valence-corrected chi connectivity index (χ0v) is 10.7. The van der Waals surface area contributed by atoms with Gasteiger partial charge in [0, 0.05) is 25.1 Å². The Bertz CT molecular complexity index is 766. The van der Waals surface area contributed by atoms with E-state index in [4.69, 9.17) is 0 Å². The van der Waals surface area contributed by atoms with Gasteiger partial charge in [-0.3, -0.25) is 9.20 Å². The summed E-state index contributed by atoms with van der Waals surface area (Å²) in [5.41, 5.74) is 1.01. The van der Waals surface area contributed by atoms with E-state index in [2.05, 4.69) is 9.97 Å². The number of nitrogens with zero attached hydrogens (tertiary/aromatic N) is 4. The van der Waals surface area contributed by atoms with Gasteiger partial charge in [0.15, 0.2) is 0 Å². The van der Waals surface area contributed by atoms with Crippen LogP contribution in [0.4, 0.5) is 10.1 Å². The van der Waals surface area contributed by atoms with Crippen molar-refractivity contribution < 1.29 is 9.18 Å². The van der Waals surface area contributed by atoms with Crippen molar-refractivity contribution in [2.24, 2.45) is 0 Å². The van der Waals surface area contributed by atoms with Crippen LogP contribution in [0, 0.1) is 5.82 Å². The molecule has 2 aromatic heterocycles. The van der Waals surface area contributed by atoms with Crippen molar-refractivity contribution in [1.29, 1.82) is 0 Å². The molecule has 0 aliphatic heterocycles. The topological polar surface area (TPSA) is 50.5 Å². The van der Waals surface area contributed by atoms with Crippen LogP contribution in [0.3, 0.4) is 0 Å². The monoisotopic (exact) mass is 270 g/mol. The third kappa shape index (κ3) is 2.01. The minimum absolute atomic E-state index is 0.239. The molecule has 0 radical (unpaired) electrons. The van der Waals surface area contributed by atoms with Gasteiger partial charge in [-0.15, -0.1) is 0 Å². The molecule has 0 saturated carbocycles. The number of hydrogen-bond acceptors (Lipinski definition) is 3. The largest absolute Gasteiger partial charge is 0.310 e. The lowest BCUT2D eigenvalue weighted by Crippen LogP contribution is -2.27. The fourth-order valence-corrected chi connectivity index (χ4v) is 1.94. The highest BCUT2D eigenvalue weighted by Crippen LogP contribution is 2.16. The summed E-state index contributed by atoms with van der Waals surface area (Å²) in [5, 5.41) is 0. The zero-order chi connectivity index (χ0) is 14.1. The first-order valence-electron chi connectivity index (χ1n) is 5.98. The molecular weight excluding hydrogens is 259 g/mol. The average Bonchev–Trinajstić information content (AvgIpc) is 2.90. The molecule has 0 bridgehead atoms. The molecule has 1 aromatic carbocycles. The van der Waals surface area contributed by atoms with Gasteiger partial charge in [0.05, 0.1) is 6.20 Å². The number of anilines is 1. The number of halogens is 1. The minimum Gasteiger partial charge on any atom is -0.310 e. The fourth-order valence-electron chi connectivity index (χ4n) is 1.94. The van der Waals surface area contributed by atoms with E-state index in [1.165, 1.54) is 23.2 Å². The summed E-state index contributed by atoms with van der Waals surface area (Å²) < 4.78 is 14.5. The van der Waals surface area contributed by atoms with Crippen molar-refractivity contribution in [3.8, 4) is 0 Å². The SMILES string of the molecule is CN(C(=O)c1cnc2ncccn12)c1ccc(F)cc1. The second-order valence-corrected chi connectivity index (χ2v) is 4.27. The van der Waals surface area contributed by atoms with Gasteiger partial charge in [-0.2, -0.15) is 0 Å². The summed E-state index contributed by atoms with van der Waals surface area (Å²) in [7, 11) is 1.63. The van der Waals surface area contributed by atoms with E-state index in [0.29, 0.717) is 17.2 Å². The number of amides is 1. The third-order valence-electron chi connectivity index (χ3n) is 3.03. The normalized spacial score (nSPS) is 10.7. The summed E-state index contributed by atoms with van der Waals surface area (Å²) in [5.74, 6) is -0.117. The van der Waals surface area contributed by atoms with Crippen molar-refractivity contribution in [1.82, 2.24) is 14.4 Å². The van der Waals surface area contributed by atoms with Crippen LogP contribution in [0.5, 0.6) is 0 Å². The van der Waals surface area contributed by atoms with Crippen LogP contribution in [0.15, 0.2) is 48.9 Å². The van der Waals surface area contributed by atoms with E-state index >= 15 is 0 Å². The van der Waals surface area contributed by atoms with Crippen molar-refractivity contribution >= 4 is 17.4 Å². The number of fused-ring (bicyclic) bond motifs is 1. The first kappa shape index (κ1) is 12.3. The molecule has 6 heteroatoms. The molecule has 0 atom stereocenters. The van der Waals surface area contributed by atoms with Crippen LogP contribution in [-0.4, -0.2) is 27.3 Å². The molecule has 0 saturated heterocycles. The first-order valence-corrected chi connectivity index (χ1v) is 5.98. The van der Waals surface area contributed by atoms with E-state index in [-0.39, 0.29) is 11.7 Å². The predicted molar refractivity (Wildman–Crippen MR) is 72.1 cm³/mol. The maximum absolute atomic E-state index is 12.9. The van der Waals surface area contributed by atoms with E-state index in [1.807, 2.05) is 0 Å². The van der Waals surface area contributed by atoms with E-state index in [1.54, 1.807) is 42.0 Å². The lowest BCUT2D eigenvalue weighted by atomic mass is 10.2. The minimum atomic E-state index is -0.339. The van der Waals surface area contributed by atoms with Gasteiger partial charge in [-0.1, -0.05) is 0 Å². The Kier molecular flexibility index (Phi) is 2.90. The molecule has 3 aromatic rings. The molecule has 20 heavy (non-hydrogen) atoms. The van der Waals surface area contributed by atoms with Crippen LogP contribution in [-0.2, 0) is 0 Å². The van der Waals surface area contributed by atoms with Crippen LogP contribution >= 0.6 is 0 Å². The van der Waals surface area contributed by atoms with Crippen molar-refractivity contribution in [2.75, 3.05) is 11.9 Å². The fraction of sp³-hybridized carbons (Fsp3) is 0.0714. The summed E-state index contributed by atoms with van der Waals surface area (Å²) in [6.07, 6.45) is 4.81. The molecule has 2 heterocycles. The van der Waals surface area contributed by atoms with E-state index in [9.17, 15) is 9.18 Å². The lowest BCUT2D eigenvalue weighted by molar-refractivity contribution is 0.0987. The molecule has 0 spiro atoms. The Labute approximate surface area is 114 Å². The molecule has 3 rings (SSSR count). The number of carbonyl (C=O) groups excluding carboxylic acids is 1. The number of hydrogen-bond donors (Lipinski definition) is 0. The van der Waals surface area contributed by atoms with Crippen LogP contribution in [0.2, 0.25) is 0 Å². The molecule has 1 amide bonds. The standard InChI is InChI=1S/C14H11FN4O/c1-18(11-5-3-10(15)4-6-11)13(20)12-9-17-14-16-7-2-8-19(12)14/h2-9H,1H3. The van der Waals surface area contributed by atoms with Crippen LogP contribution in [0.25, 0.3) is 5.78 Å². The first-order chi connectivity index (χ1) is 9.66. The summed E-state index contributed by atoms with van der Waals surface area (Å²) in [6, 6.07) is 7.46. The Morgan fingerprint density at radius 2 is 2.00 bits per heavy atom. The number of carbonyl (C=O) groups is 1. The maximum atomic E-state index is 12.9. The molecule has 0 unspecified atom stereocenters. The molecule has 0 aliphatic carbocycles. The Balaban J connectivity index is 1.97. The molecule has 0 fully saturated rings. The van der Waals surface area contributed by atoms with Crippen molar-refractivity contribution in [2.45, 2.75) is 0 Å². The molecule has 100 valence electrons. The van der Waals surface area contributed by atoms with Gasteiger partial charge in [0.1, 0.15) is 11.5 Å². The predicted octanol–water partition coefficient (Wildman–Crippen LogP) is 2.15. The smallest absolute Gasteiger partial charge is 0.276 e. The van der Waals surface area contributed by atoms with Crippen molar-refractivity contribution in [3.05, 3.63) is 60.4 Å². The summed E-state index contributed by atoms with van der Waals surface area (Å²) in [6.45, 7) is 0. The number of rotatable bonds is 2. The zero-order valence-electron chi connectivity index (χ0n) is 10.7. The molecule has 5 nitrogen and oxygen atoms in total. The number of benzene rings is 1. The highest BCUT2D eigenvalue weighted by atomic mass is 19.1. The molecular formula is C14H11FN4O. The Morgan fingerprint density at radius 1 is 1.25 bits per heavy atom. The Morgan fingerprint density at radius 3 is 2.75 bits per heavy atom. The molecule has 0 N–H and O–H groups in total. The summed E-state index contributed by atoms with van der Waals surface area (Å²) in [4.78, 5) is 22.0. The van der Waals surface area contributed by atoms with Gasteiger partial charge >= 0.3 is 0 Å². The number of aromatic nitrogens is 3. The van der Waals surface area contributed by atoms with Crippen LogP contribution in [0.1, 0.15) is 10.5 Å². The van der Waals surface area contributed by atoms with Gasteiger partial charge in [-0.25, -0.2) is 14.4 Å². The van der Waals surface area contributed by atoms with Crippen LogP contribution < -0.4 is 4.90 Å². The maximum Gasteiger partial charge on any atom is 0.276 e. The third-order valence-corrected chi connectivity index (χ3v) is 3.03. The van der Waals surface area contributed by atoms with Gasteiger partial charge < -0.3 is 4.90 Å². The van der Waals surface area contributed by atoms with Crippen molar-refractivity contribution in [3.63, 3.8) is 0 Å². The summed E-state index contributed by atoms with van der Waals surface area (Å²) >= 11 is 0. The Hall–Kier alpha value is -2.76. The highest BCUT2D eigenvalue weighted by molar-refractivity contribution is 6.04. The second-order valence-electron chi connectivity index (χ2n) is 4.27. The lowest BCUT2D eigenvalue weighted by Gasteiger charge is -2.16. The van der Waals surface area contributed by atoms with E-state index < -0.39 is 0 Å². The average molecular weight is 270 g/mol. The van der Waals surface area contributed by atoms with E-state index in [0.717, 1.165) is 0 Å². The highest BCUT2D eigenvalue weighted by Gasteiger charge is 2.18. The number of imidazole rings is 1. The van der Waals surface area contributed by atoms with Gasteiger partial charge in [-0.05, 0) is 30.3 Å².